The van der Waals surface area contributed by atoms with E-state index in [4.69, 9.17) is 0 Å². The second-order valence-electron chi connectivity index (χ2n) is 5.09. The van der Waals surface area contributed by atoms with Crippen LogP contribution >= 0.6 is 0 Å². The van der Waals surface area contributed by atoms with Crippen LogP contribution < -0.4 is 5.32 Å². The highest BCUT2D eigenvalue weighted by Crippen LogP contribution is 2.07. The quantitative estimate of drug-likeness (QED) is 0.840. The molecule has 7 heteroatoms. The van der Waals surface area contributed by atoms with E-state index in [2.05, 4.69) is 58.4 Å². The van der Waals surface area contributed by atoms with E-state index in [1.165, 1.54) is 0 Å². The van der Waals surface area contributed by atoms with Gasteiger partial charge in [-0.3, -0.25) is 9.88 Å². The molecule has 2 aromatic heterocycles. The summed E-state index contributed by atoms with van der Waals surface area (Å²) in [5, 5.41) is 14.8. The summed E-state index contributed by atoms with van der Waals surface area (Å²) in [4.78, 5) is 6.54. The van der Waals surface area contributed by atoms with Gasteiger partial charge in [0.25, 0.3) is 0 Å². The summed E-state index contributed by atoms with van der Waals surface area (Å²) in [6.07, 6.45) is 3.37. The van der Waals surface area contributed by atoms with Gasteiger partial charge in [-0.15, -0.1) is 5.10 Å². The predicted octanol–water partition coefficient (Wildman–Crippen LogP) is 1.05. The van der Waals surface area contributed by atoms with Gasteiger partial charge >= 0.3 is 0 Å². The van der Waals surface area contributed by atoms with Crippen LogP contribution in [0, 0.1) is 0 Å². The summed E-state index contributed by atoms with van der Waals surface area (Å²) in [5.41, 5.74) is 0.648. The zero-order valence-corrected chi connectivity index (χ0v) is 11.9. The highest BCUT2D eigenvalue weighted by molar-refractivity contribution is 5.43. The first-order valence-corrected chi connectivity index (χ1v) is 6.61. The van der Waals surface area contributed by atoms with Crippen molar-refractivity contribution in [2.45, 2.75) is 39.8 Å². The summed E-state index contributed by atoms with van der Waals surface area (Å²) in [5.74, 6) is 0.815. The average Bonchev–Trinajstić information content (AvgIpc) is 2.82. The predicted molar refractivity (Wildman–Crippen MR) is 74.0 cm³/mol. The van der Waals surface area contributed by atoms with Crippen LogP contribution in [-0.4, -0.2) is 55.1 Å². The summed E-state index contributed by atoms with van der Waals surface area (Å²) in [6.45, 7) is 10.6. The Hall–Kier alpha value is -1.76. The van der Waals surface area contributed by atoms with Crippen LogP contribution in [0.1, 0.15) is 27.7 Å². The molecule has 0 radical (unpaired) electrons. The van der Waals surface area contributed by atoms with E-state index in [1.54, 1.807) is 16.9 Å². The lowest BCUT2D eigenvalue weighted by molar-refractivity contribution is 0.182. The molecular formula is C12H21N7. The van der Waals surface area contributed by atoms with E-state index in [0.29, 0.717) is 17.7 Å². The van der Waals surface area contributed by atoms with Gasteiger partial charge in [-0.25, -0.2) is 0 Å². The van der Waals surface area contributed by atoms with Crippen molar-refractivity contribution in [1.29, 1.82) is 0 Å². The van der Waals surface area contributed by atoms with Crippen LogP contribution in [-0.2, 0) is 0 Å². The van der Waals surface area contributed by atoms with Gasteiger partial charge in [-0.05, 0) is 38.1 Å². The topological polar surface area (TPSA) is 71.2 Å². The largest absolute Gasteiger partial charge is 0.367 e. The Morgan fingerprint density at radius 3 is 2.63 bits per heavy atom. The van der Waals surface area contributed by atoms with Gasteiger partial charge in [0.05, 0.1) is 12.4 Å². The zero-order chi connectivity index (χ0) is 13.8. The first-order chi connectivity index (χ1) is 9.09. The molecular weight excluding hydrogens is 242 g/mol. The molecule has 0 saturated carbocycles. The molecule has 2 heterocycles. The monoisotopic (exact) mass is 263 g/mol. The number of nitrogens with zero attached hydrogens (tertiary/aromatic N) is 6. The molecule has 0 bridgehead atoms. The molecule has 2 aromatic rings. The van der Waals surface area contributed by atoms with E-state index in [0.717, 1.165) is 18.9 Å². The smallest absolute Gasteiger partial charge is 0.199 e. The van der Waals surface area contributed by atoms with Crippen molar-refractivity contribution >= 4 is 11.5 Å². The van der Waals surface area contributed by atoms with Crippen LogP contribution in [0.3, 0.4) is 0 Å². The Kier molecular flexibility index (Phi) is 4.26. The van der Waals surface area contributed by atoms with Crippen LogP contribution in [0.15, 0.2) is 12.4 Å². The molecule has 0 saturated heterocycles. The molecule has 0 aliphatic rings. The number of aromatic nitrogens is 5. The minimum absolute atomic E-state index is 0.531. The van der Waals surface area contributed by atoms with Gasteiger partial charge in [0.15, 0.2) is 5.65 Å². The van der Waals surface area contributed by atoms with E-state index < -0.39 is 0 Å². The lowest BCUT2D eigenvalue weighted by Crippen LogP contribution is -2.40. The minimum Gasteiger partial charge on any atom is -0.367 e. The van der Waals surface area contributed by atoms with Gasteiger partial charge in [0.2, 0.25) is 0 Å². The molecule has 0 aliphatic carbocycles. The highest BCUT2D eigenvalue weighted by Gasteiger charge is 2.12. The fraction of sp³-hybridized carbons (Fsp3) is 0.667. The average molecular weight is 263 g/mol. The summed E-state index contributed by atoms with van der Waals surface area (Å²) in [7, 11) is 0. The summed E-state index contributed by atoms with van der Waals surface area (Å²) < 4.78 is 1.65. The molecule has 7 nitrogen and oxygen atoms in total. The Labute approximate surface area is 113 Å². The molecule has 0 atom stereocenters. The Balaban J connectivity index is 1.97. The maximum absolute atomic E-state index is 4.11. The Bertz CT molecular complexity index is 512. The molecule has 19 heavy (non-hydrogen) atoms. The number of hydrogen-bond acceptors (Lipinski definition) is 6. The van der Waals surface area contributed by atoms with Crippen molar-refractivity contribution in [3.05, 3.63) is 12.4 Å². The van der Waals surface area contributed by atoms with Crippen molar-refractivity contribution < 1.29 is 0 Å². The molecule has 2 rings (SSSR count). The molecule has 0 aromatic carbocycles. The minimum atomic E-state index is 0.531. The molecule has 0 aliphatic heterocycles. The van der Waals surface area contributed by atoms with Gasteiger partial charge in [-0.1, -0.05) is 0 Å². The first kappa shape index (κ1) is 13.7. The zero-order valence-electron chi connectivity index (χ0n) is 11.9. The van der Waals surface area contributed by atoms with Crippen molar-refractivity contribution in [1.82, 2.24) is 29.9 Å². The second kappa shape index (κ2) is 5.92. The third-order valence-electron chi connectivity index (χ3n) is 3.11. The fourth-order valence-electron chi connectivity index (χ4n) is 2.22. The first-order valence-electron chi connectivity index (χ1n) is 6.61. The van der Waals surface area contributed by atoms with E-state index in [1.807, 2.05) is 0 Å². The fourth-order valence-corrected chi connectivity index (χ4v) is 2.22. The van der Waals surface area contributed by atoms with Crippen LogP contribution in [0.5, 0.6) is 0 Å². The van der Waals surface area contributed by atoms with Gasteiger partial charge < -0.3 is 5.32 Å². The molecule has 0 amide bonds. The summed E-state index contributed by atoms with van der Waals surface area (Å²) >= 11 is 0. The standard InChI is InChI=1S/C12H21N7/c1-9(2)18(10(3)4)6-5-14-11-7-13-8-12-15-16-17-19(11)12/h7-10,14H,5-6H2,1-4H3. The van der Waals surface area contributed by atoms with Crippen molar-refractivity contribution in [2.24, 2.45) is 0 Å². The van der Waals surface area contributed by atoms with Crippen molar-refractivity contribution in [3.8, 4) is 0 Å². The van der Waals surface area contributed by atoms with Crippen molar-refractivity contribution in [2.75, 3.05) is 18.4 Å². The third-order valence-corrected chi connectivity index (χ3v) is 3.11. The molecule has 0 spiro atoms. The second-order valence-corrected chi connectivity index (χ2v) is 5.09. The van der Waals surface area contributed by atoms with Gasteiger partial charge in [0, 0.05) is 25.2 Å². The van der Waals surface area contributed by atoms with Crippen molar-refractivity contribution in [3.63, 3.8) is 0 Å². The summed E-state index contributed by atoms with van der Waals surface area (Å²) in [6, 6.07) is 1.06. The molecule has 0 unspecified atom stereocenters. The number of rotatable bonds is 6. The van der Waals surface area contributed by atoms with E-state index >= 15 is 0 Å². The van der Waals surface area contributed by atoms with E-state index in [-0.39, 0.29) is 0 Å². The molecule has 0 fully saturated rings. The maximum Gasteiger partial charge on any atom is 0.199 e. The number of anilines is 1. The number of tetrazole rings is 1. The Morgan fingerprint density at radius 1 is 1.21 bits per heavy atom. The highest BCUT2D eigenvalue weighted by atomic mass is 15.5. The maximum atomic E-state index is 4.11. The number of nitrogens with one attached hydrogen (secondary N) is 1. The number of hydrogen-bond donors (Lipinski definition) is 1. The SMILES string of the molecule is CC(C)N(CCNc1cncc2nnnn12)C(C)C. The van der Waals surface area contributed by atoms with E-state index in [9.17, 15) is 0 Å². The van der Waals surface area contributed by atoms with Crippen LogP contribution in [0.2, 0.25) is 0 Å². The normalized spacial score (nSPS) is 11.9. The van der Waals surface area contributed by atoms with Crippen LogP contribution in [0.25, 0.3) is 5.65 Å². The number of fused-ring (bicyclic) bond motifs is 1. The third kappa shape index (κ3) is 3.17. The lowest BCUT2D eigenvalue weighted by Gasteiger charge is -2.30. The molecule has 1 N–H and O–H groups in total. The molecule has 104 valence electrons. The van der Waals surface area contributed by atoms with Gasteiger partial charge in [-0.2, -0.15) is 4.52 Å². The van der Waals surface area contributed by atoms with Gasteiger partial charge in [0.1, 0.15) is 5.82 Å². The van der Waals surface area contributed by atoms with Crippen LogP contribution in [0.4, 0.5) is 5.82 Å². The Morgan fingerprint density at radius 2 is 1.95 bits per heavy atom. The lowest BCUT2D eigenvalue weighted by atomic mass is 10.2.